The first kappa shape index (κ1) is 18.8. The minimum absolute atomic E-state index is 0.0615. The van der Waals surface area contributed by atoms with E-state index in [0.717, 1.165) is 44.3 Å². The van der Waals surface area contributed by atoms with E-state index in [1.54, 1.807) is 6.07 Å². The van der Waals surface area contributed by atoms with Gasteiger partial charge in [0, 0.05) is 19.6 Å². The number of rotatable bonds is 3. The number of carbonyl (C=O) groups excluding carboxylic acids is 1. The maximum atomic E-state index is 13.2. The van der Waals surface area contributed by atoms with Gasteiger partial charge in [-0.05, 0) is 43.4 Å². The van der Waals surface area contributed by atoms with Crippen molar-refractivity contribution in [3.63, 3.8) is 0 Å². The third-order valence-corrected chi connectivity index (χ3v) is 6.18. The van der Waals surface area contributed by atoms with E-state index in [-0.39, 0.29) is 22.7 Å². The number of hydrogen-bond acceptors (Lipinski definition) is 4. The lowest BCUT2D eigenvalue weighted by atomic mass is 10.0. The highest BCUT2D eigenvalue weighted by Gasteiger charge is 2.33. The Morgan fingerprint density at radius 3 is 2.52 bits per heavy atom. The predicted molar refractivity (Wildman–Crippen MR) is 108 cm³/mol. The van der Waals surface area contributed by atoms with Gasteiger partial charge in [0.1, 0.15) is 0 Å². The van der Waals surface area contributed by atoms with Crippen LogP contribution >= 0.6 is 34.8 Å². The van der Waals surface area contributed by atoms with Gasteiger partial charge in [0.05, 0.1) is 27.3 Å². The lowest BCUT2D eigenvalue weighted by Crippen LogP contribution is -2.32. The van der Waals surface area contributed by atoms with Crippen molar-refractivity contribution in [2.45, 2.75) is 31.7 Å². The van der Waals surface area contributed by atoms with Crippen molar-refractivity contribution in [2.75, 3.05) is 24.5 Å². The average molecular weight is 426 g/mol. The number of aromatic nitrogens is 2. The predicted octanol–water partition coefficient (Wildman–Crippen LogP) is 5.01. The highest BCUT2D eigenvalue weighted by Crippen LogP contribution is 2.36. The molecule has 1 unspecified atom stereocenters. The van der Waals surface area contributed by atoms with Crippen LogP contribution in [-0.4, -0.2) is 40.4 Å². The molecule has 27 heavy (non-hydrogen) atoms. The standard InChI is InChI=1S/C19H19Cl3N4O/c20-13-6-5-12(10-14(13)21)16-4-3-9-26(16)18(27)17-15(22)11-23-19(24-17)25-7-1-2-8-25/h5-6,10-11,16H,1-4,7-9H2. The van der Waals surface area contributed by atoms with E-state index in [0.29, 0.717) is 22.5 Å². The van der Waals surface area contributed by atoms with Crippen LogP contribution < -0.4 is 4.90 Å². The Hall–Kier alpha value is -1.56. The average Bonchev–Trinajstić information content (AvgIpc) is 3.35. The molecule has 2 aliphatic heterocycles. The van der Waals surface area contributed by atoms with Crippen molar-refractivity contribution in [3.05, 3.63) is 50.7 Å². The zero-order valence-electron chi connectivity index (χ0n) is 14.7. The molecular weight excluding hydrogens is 407 g/mol. The zero-order chi connectivity index (χ0) is 19.0. The minimum Gasteiger partial charge on any atom is -0.341 e. The van der Waals surface area contributed by atoms with E-state index in [2.05, 4.69) is 14.9 Å². The van der Waals surface area contributed by atoms with Crippen LogP contribution in [0.1, 0.15) is 47.8 Å². The lowest BCUT2D eigenvalue weighted by Gasteiger charge is -2.26. The molecular formula is C19H19Cl3N4O. The fraction of sp³-hybridized carbons (Fsp3) is 0.421. The van der Waals surface area contributed by atoms with E-state index in [4.69, 9.17) is 34.8 Å². The van der Waals surface area contributed by atoms with Crippen molar-refractivity contribution in [2.24, 2.45) is 0 Å². The van der Waals surface area contributed by atoms with Crippen LogP contribution in [0.4, 0.5) is 5.95 Å². The van der Waals surface area contributed by atoms with Gasteiger partial charge in [0.25, 0.3) is 5.91 Å². The van der Waals surface area contributed by atoms with Crippen molar-refractivity contribution in [3.8, 4) is 0 Å². The Morgan fingerprint density at radius 1 is 1.00 bits per heavy atom. The third-order valence-electron chi connectivity index (χ3n) is 5.16. The number of benzene rings is 1. The summed E-state index contributed by atoms with van der Waals surface area (Å²) >= 11 is 18.5. The highest BCUT2D eigenvalue weighted by molar-refractivity contribution is 6.42. The Labute approximate surface area is 173 Å². The third kappa shape index (κ3) is 3.73. The van der Waals surface area contributed by atoms with Crippen LogP contribution in [0, 0.1) is 0 Å². The van der Waals surface area contributed by atoms with Gasteiger partial charge in [-0.1, -0.05) is 40.9 Å². The number of hydrogen-bond donors (Lipinski definition) is 0. The zero-order valence-corrected chi connectivity index (χ0v) is 16.9. The molecule has 1 aromatic heterocycles. The maximum absolute atomic E-state index is 13.2. The molecule has 2 fully saturated rings. The van der Waals surface area contributed by atoms with Crippen LogP contribution in [0.2, 0.25) is 15.1 Å². The van der Waals surface area contributed by atoms with Crippen molar-refractivity contribution < 1.29 is 4.79 Å². The van der Waals surface area contributed by atoms with E-state index >= 15 is 0 Å². The summed E-state index contributed by atoms with van der Waals surface area (Å²) in [5, 5.41) is 1.28. The molecule has 142 valence electrons. The SMILES string of the molecule is O=C(c1nc(N2CCCC2)ncc1Cl)N1CCCC1c1ccc(Cl)c(Cl)c1. The molecule has 2 saturated heterocycles. The maximum Gasteiger partial charge on any atom is 0.274 e. The van der Waals surface area contributed by atoms with Crippen LogP contribution in [0.25, 0.3) is 0 Å². The van der Waals surface area contributed by atoms with E-state index in [1.807, 2.05) is 17.0 Å². The second-order valence-electron chi connectivity index (χ2n) is 6.89. The molecule has 0 saturated carbocycles. The molecule has 5 nitrogen and oxygen atoms in total. The van der Waals surface area contributed by atoms with Crippen LogP contribution in [-0.2, 0) is 0 Å². The summed E-state index contributed by atoms with van der Waals surface area (Å²) < 4.78 is 0. The molecule has 0 aliphatic carbocycles. The number of amides is 1. The van der Waals surface area contributed by atoms with Crippen molar-refractivity contribution >= 4 is 46.7 Å². The Morgan fingerprint density at radius 2 is 1.78 bits per heavy atom. The smallest absolute Gasteiger partial charge is 0.274 e. The van der Waals surface area contributed by atoms with E-state index in [1.165, 1.54) is 6.20 Å². The summed E-state index contributed by atoms with van der Waals surface area (Å²) in [6, 6.07) is 5.45. The number of likely N-dealkylation sites (tertiary alicyclic amines) is 1. The molecule has 3 heterocycles. The largest absolute Gasteiger partial charge is 0.341 e. The molecule has 0 N–H and O–H groups in total. The van der Waals surface area contributed by atoms with E-state index < -0.39 is 0 Å². The molecule has 0 radical (unpaired) electrons. The minimum atomic E-state index is -0.170. The molecule has 2 aromatic rings. The summed E-state index contributed by atoms with van der Waals surface area (Å²) in [5.41, 5.74) is 1.24. The topological polar surface area (TPSA) is 49.3 Å². The van der Waals surface area contributed by atoms with Gasteiger partial charge in [-0.25, -0.2) is 9.97 Å². The number of halogens is 3. The van der Waals surface area contributed by atoms with Crippen LogP contribution in [0.15, 0.2) is 24.4 Å². The number of anilines is 1. The summed E-state index contributed by atoms with van der Waals surface area (Å²) in [6.45, 7) is 2.47. The first-order valence-corrected chi connectivity index (χ1v) is 10.2. The second kappa shape index (κ2) is 7.82. The first-order chi connectivity index (χ1) is 13.0. The van der Waals surface area contributed by atoms with Gasteiger partial charge in [0.15, 0.2) is 5.69 Å². The molecule has 1 atom stereocenters. The first-order valence-electron chi connectivity index (χ1n) is 9.08. The molecule has 0 bridgehead atoms. The van der Waals surface area contributed by atoms with Gasteiger partial charge in [-0.2, -0.15) is 0 Å². The van der Waals surface area contributed by atoms with Gasteiger partial charge in [-0.15, -0.1) is 0 Å². The normalized spacial score (nSPS) is 19.7. The molecule has 4 rings (SSSR count). The van der Waals surface area contributed by atoms with Crippen LogP contribution in [0.5, 0.6) is 0 Å². The summed E-state index contributed by atoms with van der Waals surface area (Å²) in [5.74, 6) is 0.405. The monoisotopic (exact) mass is 424 g/mol. The van der Waals surface area contributed by atoms with Crippen LogP contribution in [0.3, 0.4) is 0 Å². The van der Waals surface area contributed by atoms with Crippen molar-refractivity contribution in [1.82, 2.24) is 14.9 Å². The summed E-state index contributed by atoms with van der Waals surface area (Å²) in [6.07, 6.45) is 5.53. The van der Waals surface area contributed by atoms with Gasteiger partial charge < -0.3 is 9.80 Å². The second-order valence-corrected chi connectivity index (χ2v) is 8.11. The van der Waals surface area contributed by atoms with E-state index in [9.17, 15) is 4.79 Å². The van der Waals surface area contributed by atoms with Crippen molar-refractivity contribution in [1.29, 1.82) is 0 Å². The summed E-state index contributed by atoms with van der Waals surface area (Å²) in [7, 11) is 0. The Kier molecular flexibility index (Phi) is 5.44. The number of nitrogens with zero attached hydrogens (tertiary/aromatic N) is 4. The van der Waals surface area contributed by atoms with Gasteiger partial charge >= 0.3 is 0 Å². The Balaban J connectivity index is 1.63. The molecule has 0 spiro atoms. The fourth-order valence-corrected chi connectivity index (χ4v) is 4.27. The fourth-order valence-electron chi connectivity index (χ4n) is 3.79. The Bertz CT molecular complexity index is 870. The van der Waals surface area contributed by atoms with Gasteiger partial charge in [-0.3, -0.25) is 4.79 Å². The highest BCUT2D eigenvalue weighted by atomic mass is 35.5. The van der Waals surface area contributed by atoms with Gasteiger partial charge in [0.2, 0.25) is 5.95 Å². The molecule has 2 aliphatic rings. The molecule has 1 aromatic carbocycles. The lowest BCUT2D eigenvalue weighted by molar-refractivity contribution is 0.0729. The summed E-state index contributed by atoms with van der Waals surface area (Å²) in [4.78, 5) is 26.0. The number of carbonyl (C=O) groups is 1. The molecule has 8 heteroatoms. The molecule has 1 amide bonds. The quantitative estimate of drug-likeness (QED) is 0.693.